The van der Waals surface area contributed by atoms with Gasteiger partial charge in [-0.15, -0.1) is 0 Å². The van der Waals surface area contributed by atoms with Gasteiger partial charge in [0, 0.05) is 32.0 Å². The number of nitrogens with one attached hydrogen (secondary N) is 1. The highest BCUT2D eigenvalue weighted by Crippen LogP contribution is 2.24. The van der Waals surface area contributed by atoms with Gasteiger partial charge in [0.25, 0.3) is 0 Å². The van der Waals surface area contributed by atoms with Crippen molar-refractivity contribution in [2.45, 2.75) is 20.3 Å². The van der Waals surface area contributed by atoms with Crippen LogP contribution in [-0.4, -0.2) is 34.6 Å². The first-order valence-corrected chi connectivity index (χ1v) is 7.42. The molecule has 1 N–H and O–H groups in total. The Bertz CT molecular complexity index is 599. The largest absolute Gasteiger partial charge is 0.370 e. The van der Waals surface area contributed by atoms with Crippen molar-refractivity contribution in [3.05, 3.63) is 42.0 Å². The van der Waals surface area contributed by atoms with Crippen LogP contribution in [-0.2, 0) is 0 Å². The summed E-state index contributed by atoms with van der Waals surface area (Å²) in [4.78, 5) is 15.7. The van der Waals surface area contributed by atoms with Gasteiger partial charge < -0.3 is 10.2 Å². The van der Waals surface area contributed by atoms with Crippen molar-refractivity contribution in [3.8, 4) is 0 Å². The first-order valence-electron chi connectivity index (χ1n) is 7.42. The van der Waals surface area contributed by atoms with Crippen LogP contribution in [0.2, 0.25) is 0 Å². The van der Waals surface area contributed by atoms with E-state index in [2.05, 4.69) is 25.2 Å². The minimum absolute atomic E-state index is 0.619. The summed E-state index contributed by atoms with van der Waals surface area (Å²) in [6, 6.07) is 5.94. The molecule has 0 spiro atoms. The SMILES string of the molecule is Cc1cnc(C)c(N2CCC(CNc3ccccn3)C2)n1. The lowest BCUT2D eigenvalue weighted by Crippen LogP contribution is -2.24. The van der Waals surface area contributed by atoms with Gasteiger partial charge in [-0.05, 0) is 38.3 Å². The molecule has 0 amide bonds. The molecule has 1 saturated heterocycles. The molecule has 3 rings (SSSR count). The van der Waals surface area contributed by atoms with Crippen LogP contribution in [0.25, 0.3) is 0 Å². The topological polar surface area (TPSA) is 53.9 Å². The maximum Gasteiger partial charge on any atom is 0.150 e. The Balaban J connectivity index is 1.59. The first kappa shape index (κ1) is 13.8. The van der Waals surface area contributed by atoms with Crippen LogP contribution in [0, 0.1) is 19.8 Å². The van der Waals surface area contributed by atoms with Gasteiger partial charge in [-0.3, -0.25) is 4.98 Å². The zero-order valence-electron chi connectivity index (χ0n) is 12.6. The molecule has 1 unspecified atom stereocenters. The molecular weight excluding hydrogens is 262 g/mol. The third kappa shape index (κ3) is 3.29. The fourth-order valence-corrected chi connectivity index (χ4v) is 2.73. The monoisotopic (exact) mass is 283 g/mol. The van der Waals surface area contributed by atoms with E-state index in [1.807, 2.05) is 44.4 Å². The standard InChI is InChI=1S/C16H21N5/c1-12-9-18-13(2)16(20-12)21-8-6-14(11-21)10-19-15-5-3-4-7-17-15/h3-5,7,9,14H,6,8,10-11H2,1-2H3,(H,17,19). The number of anilines is 2. The lowest BCUT2D eigenvalue weighted by atomic mass is 10.1. The van der Waals surface area contributed by atoms with Crippen LogP contribution in [0.4, 0.5) is 11.6 Å². The van der Waals surface area contributed by atoms with E-state index in [0.29, 0.717) is 5.92 Å². The number of nitrogens with zero attached hydrogens (tertiary/aromatic N) is 4. The lowest BCUT2D eigenvalue weighted by molar-refractivity contribution is 0.620. The molecule has 21 heavy (non-hydrogen) atoms. The second kappa shape index (κ2) is 6.08. The molecule has 110 valence electrons. The number of hydrogen-bond acceptors (Lipinski definition) is 5. The summed E-state index contributed by atoms with van der Waals surface area (Å²) in [5.41, 5.74) is 1.99. The number of pyridine rings is 1. The molecule has 1 aliphatic heterocycles. The Morgan fingerprint density at radius 3 is 3.00 bits per heavy atom. The highest BCUT2D eigenvalue weighted by atomic mass is 15.2. The first-order chi connectivity index (χ1) is 10.2. The number of aryl methyl sites for hydroxylation is 2. The maximum atomic E-state index is 4.64. The molecule has 2 aromatic rings. The quantitative estimate of drug-likeness (QED) is 0.934. The van der Waals surface area contributed by atoms with E-state index in [4.69, 9.17) is 0 Å². The Kier molecular flexibility index (Phi) is 3.99. The van der Waals surface area contributed by atoms with Gasteiger partial charge in [0.1, 0.15) is 11.6 Å². The summed E-state index contributed by atoms with van der Waals surface area (Å²) in [5, 5.41) is 3.41. The molecular formula is C16H21N5. The molecule has 0 aliphatic carbocycles. The third-order valence-corrected chi connectivity index (χ3v) is 3.87. The zero-order chi connectivity index (χ0) is 14.7. The van der Waals surface area contributed by atoms with Crippen LogP contribution in [0.15, 0.2) is 30.6 Å². The maximum absolute atomic E-state index is 4.64. The number of aromatic nitrogens is 3. The molecule has 0 radical (unpaired) electrons. The fraction of sp³-hybridized carbons (Fsp3) is 0.438. The van der Waals surface area contributed by atoms with Gasteiger partial charge in [-0.25, -0.2) is 9.97 Å². The Hall–Kier alpha value is -2.17. The summed E-state index contributed by atoms with van der Waals surface area (Å²) in [6.07, 6.45) is 4.82. The molecule has 1 fully saturated rings. The molecule has 5 heteroatoms. The van der Waals surface area contributed by atoms with Gasteiger partial charge in [-0.2, -0.15) is 0 Å². The summed E-state index contributed by atoms with van der Waals surface area (Å²) >= 11 is 0. The van der Waals surface area contributed by atoms with Crippen LogP contribution in [0.3, 0.4) is 0 Å². The van der Waals surface area contributed by atoms with Crippen molar-refractivity contribution in [3.63, 3.8) is 0 Å². The van der Waals surface area contributed by atoms with Gasteiger partial charge in [-0.1, -0.05) is 6.07 Å². The fourth-order valence-electron chi connectivity index (χ4n) is 2.73. The highest BCUT2D eigenvalue weighted by Gasteiger charge is 2.24. The second-order valence-electron chi connectivity index (χ2n) is 5.62. The zero-order valence-corrected chi connectivity index (χ0v) is 12.6. The van der Waals surface area contributed by atoms with E-state index < -0.39 is 0 Å². The average Bonchev–Trinajstić information content (AvgIpc) is 2.97. The molecule has 5 nitrogen and oxygen atoms in total. The highest BCUT2D eigenvalue weighted by molar-refractivity contribution is 5.44. The molecule has 1 aliphatic rings. The smallest absolute Gasteiger partial charge is 0.150 e. The van der Waals surface area contributed by atoms with E-state index in [1.54, 1.807) is 0 Å². The Labute approximate surface area is 125 Å². The minimum atomic E-state index is 0.619. The molecule has 0 aromatic carbocycles. The van der Waals surface area contributed by atoms with Crippen LogP contribution >= 0.6 is 0 Å². The summed E-state index contributed by atoms with van der Waals surface area (Å²) in [6.45, 7) is 7.05. The average molecular weight is 283 g/mol. The molecule has 3 heterocycles. The van der Waals surface area contributed by atoms with Gasteiger partial charge in [0.2, 0.25) is 0 Å². The van der Waals surface area contributed by atoms with Crippen LogP contribution in [0.5, 0.6) is 0 Å². The van der Waals surface area contributed by atoms with Crippen molar-refractivity contribution in [2.75, 3.05) is 29.9 Å². The Morgan fingerprint density at radius 1 is 1.29 bits per heavy atom. The molecule has 0 saturated carbocycles. The minimum Gasteiger partial charge on any atom is -0.370 e. The van der Waals surface area contributed by atoms with E-state index in [1.165, 1.54) is 6.42 Å². The van der Waals surface area contributed by atoms with E-state index in [0.717, 1.165) is 42.7 Å². The van der Waals surface area contributed by atoms with Crippen molar-refractivity contribution in [1.82, 2.24) is 15.0 Å². The number of hydrogen-bond donors (Lipinski definition) is 1. The van der Waals surface area contributed by atoms with Gasteiger partial charge in [0.05, 0.1) is 11.4 Å². The second-order valence-corrected chi connectivity index (χ2v) is 5.62. The van der Waals surface area contributed by atoms with Crippen molar-refractivity contribution < 1.29 is 0 Å². The molecule has 1 atom stereocenters. The lowest BCUT2D eigenvalue weighted by Gasteiger charge is -2.19. The van der Waals surface area contributed by atoms with Crippen LogP contribution < -0.4 is 10.2 Å². The number of rotatable bonds is 4. The Morgan fingerprint density at radius 2 is 2.19 bits per heavy atom. The molecule has 0 bridgehead atoms. The van der Waals surface area contributed by atoms with Crippen molar-refractivity contribution in [2.24, 2.45) is 5.92 Å². The van der Waals surface area contributed by atoms with E-state index in [9.17, 15) is 0 Å². The van der Waals surface area contributed by atoms with E-state index >= 15 is 0 Å². The normalized spacial score (nSPS) is 18.0. The summed E-state index contributed by atoms with van der Waals surface area (Å²) in [7, 11) is 0. The molecule has 2 aromatic heterocycles. The predicted octanol–water partition coefficient (Wildman–Crippen LogP) is 2.43. The van der Waals surface area contributed by atoms with Crippen LogP contribution in [0.1, 0.15) is 17.8 Å². The van der Waals surface area contributed by atoms with Gasteiger partial charge in [0.15, 0.2) is 0 Å². The van der Waals surface area contributed by atoms with Gasteiger partial charge >= 0.3 is 0 Å². The predicted molar refractivity (Wildman–Crippen MR) is 84.6 cm³/mol. The van der Waals surface area contributed by atoms with Crippen molar-refractivity contribution >= 4 is 11.6 Å². The van der Waals surface area contributed by atoms with E-state index in [-0.39, 0.29) is 0 Å². The summed E-state index contributed by atoms with van der Waals surface area (Å²) in [5.74, 6) is 2.60. The summed E-state index contributed by atoms with van der Waals surface area (Å²) < 4.78 is 0. The third-order valence-electron chi connectivity index (χ3n) is 3.87. The van der Waals surface area contributed by atoms with Crippen molar-refractivity contribution in [1.29, 1.82) is 0 Å².